The Bertz CT molecular complexity index is 858. The molecule has 13 heteroatoms. The van der Waals surface area contributed by atoms with E-state index < -0.39 is 17.7 Å². The minimum atomic E-state index is -0.604. The van der Waals surface area contributed by atoms with Crippen molar-refractivity contribution in [3.63, 3.8) is 0 Å². The van der Waals surface area contributed by atoms with Gasteiger partial charge in [0.05, 0.1) is 20.1 Å². The third kappa shape index (κ3) is 9.80. The van der Waals surface area contributed by atoms with Gasteiger partial charge in [-0.2, -0.15) is 0 Å². The van der Waals surface area contributed by atoms with Crippen LogP contribution in [0.25, 0.3) is 0 Å². The molecule has 0 spiro atoms. The Labute approximate surface area is 231 Å². The summed E-state index contributed by atoms with van der Waals surface area (Å²) in [5, 5.41) is 7.97. The molecule has 2 amide bonds. The van der Waals surface area contributed by atoms with Crippen LogP contribution in [-0.4, -0.2) is 152 Å². The van der Waals surface area contributed by atoms with Crippen molar-refractivity contribution in [3.05, 3.63) is 0 Å². The predicted octanol–water partition coefficient (Wildman–Crippen LogP) is 0.625. The molecule has 2 unspecified atom stereocenters. The Morgan fingerprint density at radius 2 is 1.62 bits per heavy atom. The number of ether oxygens (including phenoxy) is 3. The fraction of sp³-hybridized carbons (Fsp3) is 0.846. The van der Waals surface area contributed by atoms with Crippen molar-refractivity contribution in [1.29, 1.82) is 5.41 Å². The number of esters is 1. The van der Waals surface area contributed by atoms with E-state index in [-0.39, 0.29) is 24.0 Å². The van der Waals surface area contributed by atoms with E-state index in [0.29, 0.717) is 45.7 Å². The van der Waals surface area contributed by atoms with Crippen molar-refractivity contribution >= 4 is 24.0 Å². The molecule has 0 saturated carbocycles. The number of cyclic esters (lactones) is 1. The molecule has 0 aromatic carbocycles. The first-order chi connectivity index (χ1) is 18.4. The van der Waals surface area contributed by atoms with Gasteiger partial charge in [-0.05, 0) is 40.2 Å². The van der Waals surface area contributed by atoms with Crippen molar-refractivity contribution in [1.82, 2.24) is 24.5 Å². The summed E-state index contributed by atoms with van der Waals surface area (Å²) in [5.74, 6) is -0.226. The predicted molar refractivity (Wildman–Crippen MR) is 146 cm³/mol. The van der Waals surface area contributed by atoms with Crippen molar-refractivity contribution in [2.45, 2.75) is 57.8 Å². The number of nitrogens with one attached hydrogen (secondary N) is 1. The van der Waals surface area contributed by atoms with Crippen LogP contribution in [0.15, 0.2) is 0 Å². The first-order valence-corrected chi connectivity index (χ1v) is 14.0. The summed E-state index contributed by atoms with van der Waals surface area (Å²) in [7, 11) is 1.41. The second kappa shape index (κ2) is 14.1. The van der Waals surface area contributed by atoms with Crippen LogP contribution in [0.3, 0.4) is 0 Å². The van der Waals surface area contributed by atoms with Gasteiger partial charge in [0.15, 0.2) is 0 Å². The number of amidine groups is 1. The molecule has 3 aliphatic rings. The molecule has 222 valence electrons. The number of carbonyl (C=O) groups excluding carboxylic acids is 3. The summed E-state index contributed by atoms with van der Waals surface area (Å²) in [6.07, 6.45) is 1.32. The lowest BCUT2D eigenvalue weighted by atomic mass is 10.1. The summed E-state index contributed by atoms with van der Waals surface area (Å²) in [6.45, 7) is 14.1. The van der Waals surface area contributed by atoms with Gasteiger partial charge in [0, 0.05) is 65.4 Å². The average Bonchev–Trinajstić information content (AvgIpc) is 3.23. The Kier molecular flexibility index (Phi) is 11.2. The zero-order valence-corrected chi connectivity index (χ0v) is 24.0. The summed E-state index contributed by atoms with van der Waals surface area (Å²) in [6, 6.07) is -0.502. The second-order valence-electron chi connectivity index (χ2n) is 11.6. The van der Waals surface area contributed by atoms with Gasteiger partial charge >= 0.3 is 18.2 Å². The zero-order valence-electron chi connectivity index (χ0n) is 24.0. The number of hydrogen-bond donors (Lipinski definition) is 2. The largest absolute Gasteiger partial charge is 0.469 e. The summed E-state index contributed by atoms with van der Waals surface area (Å²) < 4.78 is 15.8. The highest BCUT2D eigenvalue weighted by Gasteiger charge is 2.35. The highest BCUT2D eigenvalue weighted by Crippen LogP contribution is 2.18. The molecular formula is C26H47N7O6. The molecule has 3 fully saturated rings. The molecule has 2 atom stereocenters. The van der Waals surface area contributed by atoms with E-state index in [1.165, 1.54) is 7.11 Å². The van der Waals surface area contributed by atoms with Gasteiger partial charge in [0.1, 0.15) is 23.6 Å². The molecule has 0 aromatic heterocycles. The topological polar surface area (TPSA) is 145 Å². The third-order valence-corrected chi connectivity index (χ3v) is 7.34. The van der Waals surface area contributed by atoms with Gasteiger partial charge in [-0.25, -0.2) is 9.59 Å². The molecular weight excluding hydrogens is 506 g/mol. The Morgan fingerprint density at radius 1 is 0.974 bits per heavy atom. The van der Waals surface area contributed by atoms with E-state index in [1.807, 2.05) is 20.8 Å². The van der Waals surface area contributed by atoms with E-state index in [9.17, 15) is 14.4 Å². The Hall–Kier alpha value is -2.64. The molecule has 0 aromatic rings. The molecule has 3 heterocycles. The van der Waals surface area contributed by atoms with E-state index in [2.05, 4.69) is 14.7 Å². The fourth-order valence-corrected chi connectivity index (χ4v) is 5.17. The number of carbonyl (C=O) groups is 3. The van der Waals surface area contributed by atoms with Crippen molar-refractivity contribution < 1.29 is 28.6 Å². The maximum Gasteiger partial charge on any atom is 0.411 e. The third-order valence-electron chi connectivity index (χ3n) is 7.34. The van der Waals surface area contributed by atoms with Gasteiger partial charge in [0.2, 0.25) is 0 Å². The van der Waals surface area contributed by atoms with Crippen LogP contribution in [-0.2, 0) is 19.0 Å². The lowest BCUT2D eigenvalue weighted by molar-refractivity contribution is -0.141. The number of nitrogens with zero attached hydrogens (tertiary/aromatic N) is 5. The van der Waals surface area contributed by atoms with E-state index >= 15 is 0 Å². The van der Waals surface area contributed by atoms with Crippen LogP contribution in [0.4, 0.5) is 9.59 Å². The lowest BCUT2D eigenvalue weighted by Crippen LogP contribution is -2.60. The SMILES string of the molecule is COC(=O)CCN1CCN(CC2CN(CCCCN3CCN(C(=O)OC(C)(C)C)C(C(=N)N)C3)C(=O)O2)CC1. The summed E-state index contributed by atoms with van der Waals surface area (Å²) in [4.78, 5) is 46.4. The molecule has 3 saturated heterocycles. The van der Waals surface area contributed by atoms with Crippen LogP contribution in [0.5, 0.6) is 0 Å². The number of rotatable bonds is 11. The van der Waals surface area contributed by atoms with Crippen molar-refractivity contribution in [3.8, 4) is 0 Å². The van der Waals surface area contributed by atoms with Gasteiger partial charge in [-0.15, -0.1) is 0 Å². The summed E-state index contributed by atoms with van der Waals surface area (Å²) in [5.41, 5.74) is 5.21. The van der Waals surface area contributed by atoms with Crippen LogP contribution >= 0.6 is 0 Å². The monoisotopic (exact) mass is 553 g/mol. The highest BCUT2D eigenvalue weighted by atomic mass is 16.6. The fourth-order valence-electron chi connectivity index (χ4n) is 5.17. The molecule has 0 aliphatic carbocycles. The smallest absolute Gasteiger partial charge is 0.411 e. The molecule has 3 rings (SSSR count). The standard InChI is InChI=1S/C26H47N7O6/c1-26(2,3)39-25(36)33-16-15-30(19-21(33)23(27)28)8-5-6-9-32-18-20(38-24(32)35)17-31-13-11-29(12-14-31)10-7-22(34)37-4/h20-21H,5-19H2,1-4H3,(H3,27,28). The number of hydrogen-bond acceptors (Lipinski definition) is 10. The quantitative estimate of drug-likeness (QED) is 0.123. The van der Waals surface area contributed by atoms with Crippen molar-refractivity contribution in [2.75, 3.05) is 85.6 Å². The van der Waals surface area contributed by atoms with Crippen LogP contribution in [0, 0.1) is 5.41 Å². The van der Waals surface area contributed by atoms with E-state index in [1.54, 1.807) is 9.80 Å². The minimum Gasteiger partial charge on any atom is -0.469 e. The minimum absolute atomic E-state index is 0.0426. The van der Waals surface area contributed by atoms with Crippen molar-refractivity contribution in [2.24, 2.45) is 5.73 Å². The average molecular weight is 554 g/mol. The van der Waals surface area contributed by atoms with Gasteiger partial charge < -0.3 is 29.7 Å². The second-order valence-corrected chi connectivity index (χ2v) is 11.6. The van der Waals surface area contributed by atoms with Gasteiger partial charge in [-0.3, -0.25) is 24.9 Å². The van der Waals surface area contributed by atoms with Crippen LogP contribution < -0.4 is 5.73 Å². The number of amides is 2. The number of methoxy groups -OCH3 is 1. The normalized spacial score (nSPS) is 23.5. The van der Waals surface area contributed by atoms with Crippen LogP contribution in [0.2, 0.25) is 0 Å². The number of unbranched alkanes of at least 4 members (excludes halogenated alkanes) is 1. The maximum atomic E-state index is 12.6. The molecule has 3 aliphatic heterocycles. The van der Waals surface area contributed by atoms with Crippen LogP contribution in [0.1, 0.15) is 40.0 Å². The lowest BCUT2D eigenvalue weighted by Gasteiger charge is -2.41. The maximum absolute atomic E-state index is 12.6. The molecule has 39 heavy (non-hydrogen) atoms. The first kappa shape index (κ1) is 30.9. The van der Waals surface area contributed by atoms with Gasteiger partial charge in [0.25, 0.3) is 0 Å². The molecule has 0 bridgehead atoms. The Morgan fingerprint density at radius 3 is 2.26 bits per heavy atom. The Balaban J connectivity index is 1.32. The first-order valence-electron chi connectivity index (χ1n) is 14.0. The van der Waals surface area contributed by atoms with E-state index in [4.69, 9.17) is 25.4 Å². The summed E-state index contributed by atoms with van der Waals surface area (Å²) >= 11 is 0. The number of nitrogens with two attached hydrogens (primary N) is 1. The molecule has 3 N–H and O–H groups in total. The number of piperazine rings is 2. The zero-order chi connectivity index (χ0) is 28.6. The van der Waals surface area contributed by atoms with E-state index in [0.717, 1.165) is 52.1 Å². The van der Waals surface area contributed by atoms with Gasteiger partial charge in [-0.1, -0.05) is 0 Å². The highest BCUT2D eigenvalue weighted by molar-refractivity contribution is 5.87. The molecule has 13 nitrogen and oxygen atoms in total. The molecule has 0 radical (unpaired) electrons.